The number of nitrogens with two attached hydrogens (primary N) is 1. The number of rotatable bonds is 0. The lowest BCUT2D eigenvalue weighted by molar-refractivity contribution is 0.376. The van der Waals surface area contributed by atoms with Crippen LogP contribution in [0.15, 0.2) is 0 Å². The SMILES string of the molecule is N#CC1NCCNC1N. The minimum atomic E-state index is -0.223. The molecule has 0 spiro atoms. The zero-order valence-corrected chi connectivity index (χ0v) is 5.09. The Morgan fingerprint density at radius 3 is 2.56 bits per heavy atom. The summed E-state index contributed by atoms with van der Waals surface area (Å²) in [4.78, 5) is 0. The summed E-state index contributed by atoms with van der Waals surface area (Å²) < 4.78 is 0. The van der Waals surface area contributed by atoms with Crippen LogP contribution in [0.3, 0.4) is 0 Å². The van der Waals surface area contributed by atoms with Gasteiger partial charge in [-0.05, 0) is 0 Å². The number of nitrogens with one attached hydrogen (secondary N) is 2. The molecule has 0 radical (unpaired) electrons. The monoisotopic (exact) mass is 126 g/mol. The Kier molecular flexibility index (Phi) is 2.01. The van der Waals surface area contributed by atoms with Crippen molar-refractivity contribution in [3.05, 3.63) is 0 Å². The molecule has 4 nitrogen and oxygen atoms in total. The molecule has 0 aliphatic carbocycles. The summed E-state index contributed by atoms with van der Waals surface area (Å²) in [5, 5.41) is 14.4. The molecule has 50 valence electrons. The predicted octanol–water partition coefficient (Wildman–Crippen LogP) is -1.64. The molecule has 1 heterocycles. The molecule has 4 heteroatoms. The molecule has 0 bridgehead atoms. The van der Waals surface area contributed by atoms with Gasteiger partial charge in [0.1, 0.15) is 6.04 Å². The minimum Gasteiger partial charge on any atom is -0.314 e. The Balaban J connectivity index is 2.41. The molecule has 0 amide bonds. The third-order valence-corrected chi connectivity index (χ3v) is 1.37. The van der Waals surface area contributed by atoms with E-state index in [-0.39, 0.29) is 12.2 Å². The summed E-state index contributed by atoms with van der Waals surface area (Å²) >= 11 is 0. The highest BCUT2D eigenvalue weighted by Gasteiger charge is 2.18. The molecule has 4 N–H and O–H groups in total. The van der Waals surface area contributed by atoms with E-state index in [2.05, 4.69) is 16.7 Å². The van der Waals surface area contributed by atoms with Crippen molar-refractivity contribution in [3.8, 4) is 6.07 Å². The van der Waals surface area contributed by atoms with E-state index in [4.69, 9.17) is 11.0 Å². The molecule has 0 aromatic carbocycles. The van der Waals surface area contributed by atoms with Gasteiger partial charge in [0.15, 0.2) is 0 Å². The first-order valence-corrected chi connectivity index (χ1v) is 2.96. The zero-order valence-electron chi connectivity index (χ0n) is 5.09. The van der Waals surface area contributed by atoms with Crippen molar-refractivity contribution in [2.45, 2.75) is 12.2 Å². The fourth-order valence-electron chi connectivity index (χ4n) is 0.837. The van der Waals surface area contributed by atoms with Crippen LogP contribution in [0.25, 0.3) is 0 Å². The van der Waals surface area contributed by atoms with Crippen LogP contribution in [-0.2, 0) is 0 Å². The first-order valence-electron chi connectivity index (χ1n) is 2.96. The lowest BCUT2D eigenvalue weighted by Crippen LogP contribution is -2.59. The normalized spacial score (nSPS) is 35.6. The largest absolute Gasteiger partial charge is 0.314 e. The van der Waals surface area contributed by atoms with Gasteiger partial charge in [-0.3, -0.25) is 10.6 Å². The van der Waals surface area contributed by atoms with Crippen LogP contribution in [0.1, 0.15) is 0 Å². The van der Waals surface area contributed by atoms with E-state index in [1.54, 1.807) is 0 Å². The topological polar surface area (TPSA) is 73.9 Å². The van der Waals surface area contributed by atoms with E-state index in [1.807, 2.05) is 0 Å². The maximum Gasteiger partial charge on any atom is 0.124 e. The van der Waals surface area contributed by atoms with Gasteiger partial charge >= 0.3 is 0 Å². The summed E-state index contributed by atoms with van der Waals surface area (Å²) in [7, 11) is 0. The molecule has 9 heavy (non-hydrogen) atoms. The van der Waals surface area contributed by atoms with Crippen LogP contribution in [0, 0.1) is 11.3 Å². The Labute approximate surface area is 54.0 Å². The van der Waals surface area contributed by atoms with Gasteiger partial charge in [-0.15, -0.1) is 0 Å². The fourth-order valence-corrected chi connectivity index (χ4v) is 0.837. The van der Waals surface area contributed by atoms with Crippen molar-refractivity contribution in [2.24, 2.45) is 5.73 Å². The van der Waals surface area contributed by atoms with E-state index in [1.165, 1.54) is 0 Å². The summed E-state index contributed by atoms with van der Waals surface area (Å²) in [6.07, 6.45) is -0.205. The lowest BCUT2D eigenvalue weighted by atomic mass is 10.2. The first kappa shape index (κ1) is 6.49. The molecule has 0 aromatic rings. The van der Waals surface area contributed by atoms with Crippen LogP contribution >= 0.6 is 0 Å². The second-order valence-corrected chi connectivity index (χ2v) is 2.04. The van der Waals surface area contributed by atoms with Crippen LogP contribution in [-0.4, -0.2) is 25.3 Å². The van der Waals surface area contributed by atoms with Crippen molar-refractivity contribution in [2.75, 3.05) is 13.1 Å². The van der Waals surface area contributed by atoms with Crippen molar-refractivity contribution >= 4 is 0 Å². The van der Waals surface area contributed by atoms with Crippen molar-refractivity contribution < 1.29 is 0 Å². The molecule has 1 aliphatic rings. The number of nitrogens with zero attached hydrogens (tertiary/aromatic N) is 1. The zero-order chi connectivity index (χ0) is 6.69. The Bertz CT molecular complexity index is 127. The predicted molar refractivity (Wildman–Crippen MR) is 33.4 cm³/mol. The molecular weight excluding hydrogens is 116 g/mol. The third kappa shape index (κ3) is 1.39. The van der Waals surface area contributed by atoms with E-state index in [0.717, 1.165) is 13.1 Å². The average Bonchev–Trinajstić information content (AvgIpc) is 1.89. The van der Waals surface area contributed by atoms with Gasteiger partial charge in [0.25, 0.3) is 0 Å². The molecule has 1 rings (SSSR count). The summed E-state index contributed by atoms with van der Waals surface area (Å²) in [5.41, 5.74) is 5.49. The van der Waals surface area contributed by atoms with E-state index in [9.17, 15) is 0 Å². The van der Waals surface area contributed by atoms with Crippen LogP contribution in [0.4, 0.5) is 0 Å². The van der Waals surface area contributed by atoms with Crippen LogP contribution < -0.4 is 16.4 Å². The molecular formula is C5H10N4. The standard InChI is InChI=1S/C5H10N4/c6-3-4-5(7)9-2-1-8-4/h4-5,8-9H,1-2,7H2. The minimum absolute atomic E-state index is 0.205. The molecule has 0 aromatic heterocycles. The van der Waals surface area contributed by atoms with Gasteiger partial charge in [0.2, 0.25) is 0 Å². The van der Waals surface area contributed by atoms with Gasteiger partial charge in [-0.2, -0.15) is 5.26 Å². The number of nitriles is 1. The lowest BCUT2D eigenvalue weighted by Gasteiger charge is -2.25. The fraction of sp³-hybridized carbons (Fsp3) is 0.800. The Morgan fingerprint density at radius 1 is 1.44 bits per heavy atom. The Hall–Kier alpha value is -0.630. The molecule has 2 unspecified atom stereocenters. The van der Waals surface area contributed by atoms with E-state index >= 15 is 0 Å². The van der Waals surface area contributed by atoms with Crippen molar-refractivity contribution in [1.29, 1.82) is 5.26 Å². The van der Waals surface area contributed by atoms with Gasteiger partial charge in [0, 0.05) is 13.1 Å². The number of hydrogen-bond acceptors (Lipinski definition) is 4. The van der Waals surface area contributed by atoms with Gasteiger partial charge in [0.05, 0.1) is 12.2 Å². The summed E-state index contributed by atoms with van der Waals surface area (Å²) in [6.45, 7) is 1.67. The Morgan fingerprint density at radius 2 is 2.11 bits per heavy atom. The van der Waals surface area contributed by atoms with Crippen molar-refractivity contribution in [1.82, 2.24) is 10.6 Å². The average molecular weight is 126 g/mol. The molecule has 0 saturated carbocycles. The van der Waals surface area contributed by atoms with Crippen LogP contribution in [0.5, 0.6) is 0 Å². The summed E-state index contributed by atoms with van der Waals surface area (Å²) in [6, 6.07) is 1.83. The van der Waals surface area contributed by atoms with E-state index < -0.39 is 0 Å². The van der Waals surface area contributed by atoms with E-state index in [0.29, 0.717) is 0 Å². The van der Waals surface area contributed by atoms with Gasteiger partial charge < -0.3 is 5.73 Å². The van der Waals surface area contributed by atoms with Gasteiger partial charge in [-0.1, -0.05) is 0 Å². The molecule has 1 fully saturated rings. The third-order valence-electron chi connectivity index (χ3n) is 1.37. The van der Waals surface area contributed by atoms with Crippen LogP contribution in [0.2, 0.25) is 0 Å². The first-order chi connectivity index (χ1) is 4.34. The maximum atomic E-state index is 8.43. The maximum absolute atomic E-state index is 8.43. The molecule has 1 aliphatic heterocycles. The van der Waals surface area contributed by atoms with Crippen molar-refractivity contribution in [3.63, 3.8) is 0 Å². The summed E-state index contributed by atoms with van der Waals surface area (Å²) in [5.74, 6) is 0. The highest BCUT2D eigenvalue weighted by molar-refractivity contribution is 4.98. The van der Waals surface area contributed by atoms with Gasteiger partial charge in [-0.25, -0.2) is 0 Å². The number of piperazine rings is 1. The second kappa shape index (κ2) is 2.78. The highest BCUT2D eigenvalue weighted by Crippen LogP contribution is 1.88. The molecule has 1 saturated heterocycles. The highest BCUT2D eigenvalue weighted by atomic mass is 15.2. The second-order valence-electron chi connectivity index (χ2n) is 2.04. The molecule has 2 atom stereocenters. The smallest absolute Gasteiger partial charge is 0.124 e. The number of hydrogen-bond donors (Lipinski definition) is 3. The quantitative estimate of drug-likeness (QED) is 0.364.